The number of benzene rings is 2. The number of fused-ring (bicyclic) bond motifs is 2. The second-order valence-corrected chi connectivity index (χ2v) is 7.16. The number of hydrogen-bond acceptors (Lipinski definition) is 3. The van der Waals surface area contributed by atoms with Gasteiger partial charge in [0.2, 0.25) is 0 Å². The lowest BCUT2D eigenvalue weighted by molar-refractivity contribution is 0.0929. The molecular formula is C20H16BrNO3. The fraction of sp³-hybridized carbons (Fsp3) is 0.200. The highest BCUT2D eigenvalue weighted by Gasteiger charge is 2.23. The average Bonchev–Trinajstić information content (AvgIpc) is 2.62. The van der Waals surface area contributed by atoms with E-state index in [1.165, 1.54) is 5.56 Å². The van der Waals surface area contributed by atoms with Crippen molar-refractivity contribution in [2.24, 2.45) is 0 Å². The summed E-state index contributed by atoms with van der Waals surface area (Å²) in [7, 11) is 0. The molecule has 126 valence electrons. The lowest BCUT2D eigenvalue weighted by Crippen LogP contribution is -2.33. The average molecular weight is 398 g/mol. The molecular weight excluding hydrogens is 382 g/mol. The fourth-order valence-electron chi connectivity index (χ4n) is 3.39. The van der Waals surface area contributed by atoms with Crippen molar-refractivity contribution in [1.82, 2.24) is 5.32 Å². The molecule has 5 heteroatoms. The summed E-state index contributed by atoms with van der Waals surface area (Å²) in [6.45, 7) is 0. The Labute approximate surface area is 153 Å². The van der Waals surface area contributed by atoms with Crippen LogP contribution in [-0.4, -0.2) is 5.91 Å². The number of hydrogen-bond donors (Lipinski definition) is 1. The van der Waals surface area contributed by atoms with E-state index in [0.29, 0.717) is 11.0 Å². The molecule has 0 bridgehead atoms. The fourth-order valence-corrected chi connectivity index (χ4v) is 3.77. The van der Waals surface area contributed by atoms with E-state index in [4.69, 9.17) is 4.42 Å². The molecule has 4 rings (SSSR count). The first-order chi connectivity index (χ1) is 12.1. The van der Waals surface area contributed by atoms with Gasteiger partial charge in [0, 0.05) is 9.86 Å². The van der Waals surface area contributed by atoms with Gasteiger partial charge >= 0.3 is 5.63 Å². The summed E-state index contributed by atoms with van der Waals surface area (Å²) in [6.07, 6.45) is 2.91. The predicted molar refractivity (Wildman–Crippen MR) is 99.8 cm³/mol. The maximum atomic E-state index is 12.7. The number of carbonyl (C=O) groups excluding carboxylic acids is 1. The number of amides is 1. The third-order valence-electron chi connectivity index (χ3n) is 4.61. The minimum absolute atomic E-state index is 0.0358. The quantitative estimate of drug-likeness (QED) is 0.653. The Morgan fingerprint density at radius 2 is 2.00 bits per heavy atom. The van der Waals surface area contributed by atoms with E-state index in [0.717, 1.165) is 29.3 Å². The molecule has 1 aromatic heterocycles. The van der Waals surface area contributed by atoms with Crippen LogP contribution in [0.1, 0.15) is 40.4 Å². The second-order valence-electron chi connectivity index (χ2n) is 6.25. The van der Waals surface area contributed by atoms with E-state index in [-0.39, 0.29) is 11.6 Å². The summed E-state index contributed by atoms with van der Waals surface area (Å²) in [5.41, 5.74) is 2.28. The van der Waals surface area contributed by atoms with Gasteiger partial charge in [-0.15, -0.1) is 0 Å². The topological polar surface area (TPSA) is 59.3 Å². The Bertz CT molecular complexity index is 1020. The molecule has 0 aliphatic heterocycles. The normalized spacial score (nSPS) is 16.4. The van der Waals surface area contributed by atoms with Crippen molar-refractivity contribution in [3.63, 3.8) is 0 Å². The first-order valence-electron chi connectivity index (χ1n) is 8.24. The van der Waals surface area contributed by atoms with Crippen molar-refractivity contribution < 1.29 is 9.21 Å². The molecule has 1 N–H and O–H groups in total. The molecule has 3 aromatic rings. The molecule has 0 saturated carbocycles. The monoisotopic (exact) mass is 397 g/mol. The number of nitrogens with one attached hydrogen (secondary N) is 1. The van der Waals surface area contributed by atoms with Gasteiger partial charge in [-0.3, -0.25) is 4.79 Å². The summed E-state index contributed by atoms with van der Waals surface area (Å²) < 4.78 is 6.15. The highest BCUT2D eigenvalue weighted by Crippen LogP contribution is 2.29. The van der Waals surface area contributed by atoms with Gasteiger partial charge in [-0.1, -0.05) is 40.2 Å². The third kappa shape index (κ3) is 3.12. The summed E-state index contributed by atoms with van der Waals surface area (Å²) in [5, 5.41) is 3.71. The van der Waals surface area contributed by atoms with Crippen LogP contribution in [0, 0.1) is 0 Å². The van der Waals surface area contributed by atoms with Gasteiger partial charge in [0.15, 0.2) is 0 Å². The van der Waals surface area contributed by atoms with Gasteiger partial charge in [0.05, 0.1) is 6.04 Å². The molecule has 4 nitrogen and oxygen atoms in total. The van der Waals surface area contributed by atoms with Gasteiger partial charge in [0.25, 0.3) is 5.91 Å². The van der Waals surface area contributed by atoms with Gasteiger partial charge in [-0.05, 0) is 54.7 Å². The van der Waals surface area contributed by atoms with Crippen LogP contribution in [0.3, 0.4) is 0 Å². The molecule has 25 heavy (non-hydrogen) atoms. The highest BCUT2D eigenvalue weighted by molar-refractivity contribution is 9.10. The maximum absolute atomic E-state index is 12.7. The van der Waals surface area contributed by atoms with Crippen molar-refractivity contribution >= 4 is 32.8 Å². The van der Waals surface area contributed by atoms with Crippen molar-refractivity contribution in [2.45, 2.75) is 25.3 Å². The molecule has 0 saturated heterocycles. The number of rotatable bonds is 2. The molecule has 1 aliphatic carbocycles. The number of halogens is 1. The molecule has 0 spiro atoms. The molecule has 1 atom stereocenters. The largest absolute Gasteiger partial charge is 0.422 e. The van der Waals surface area contributed by atoms with Crippen molar-refractivity contribution in [2.75, 3.05) is 0 Å². The Hall–Kier alpha value is -2.40. The van der Waals surface area contributed by atoms with Gasteiger partial charge < -0.3 is 9.73 Å². The van der Waals surface area contributed by atoms with Crippen molar-refractivity contribution in [1.29, 1.82) is 0 Å². The Morgan fingerprint density at radius 1 is 1.16 bits per heavy atom. The van der Waals surface area contributed by atoms with E-state index in [2.05, 4.69) is 27.3 Å². The first kappa shape index (κ1) is 16.1. The van der Waals surface area contributed by atoms with Crippen LogP contribution >= 0.6 is 15.9 Å². The Kier molecular flexibility index (Phi) is 4.17. The molecule has 2 aromatic carbocycles. The zero-order valence-electron chi connectivity index (χ0n) is 13.4. The van der Waals surface area contributed by atoms with Crippen LogP contribution < -0.4 is 10.9 Å². The van der Waals surface area contributed by atoms with Gasteiger partial charge in [-0.2, -0.15) is 0 Å². The maximum Gasteiger partial charge on any atom is 0.349 e. The standard InChI is InChI=1S/C20H16BrNO3/c21-14-8-9-18-13(10-14)11-16(20(24)25-18)19(23)22-17-7-3-5-12-4-1-2-6-15(12)17/h1-2,4,6,8-11,17H,3,5,7H2,(H,22,23). The summed E-state index contributed by atoms with van der Waals surface area (Å²) >= 11 is 3.39. The summed E-state index contributed by atoms with van der Waals surface area (Å²) in [5.74, 6) is -0.391. The lowest BCUT2D eigenvalue weighted by atomic mass is 9.87. The molecule has 0 radical (unpaired) electrons. The SMILES string of the molecule is O=C(NC1CCCc2ccccc21)c1cc2cc(Br)ccc2oc1=O. The van der Waals surface area contributed by atoms with Crippen LogP contribution in [-0.2, 0) is 6.42 Å². The highest BCUT2D eigenvalue weighted by atomic mass is 79.9. The third-order valence-corrected chi connectivity index (χ3v) is 5.11. The van der Waals surface area contributed by atoms with Gasteiger partial charge in [-0.25, -0.2) is 4.79 Å². The van der Waals surface area contributed by atoms with Crippen molar-refractivity contribution in [3.8, 4) is 0 Å². The first-order valence-corrected chi connectivity index (χ1v) is 9.03. The van der Waals surface area contributed by atoms with E-state index in [1.807, 2.05) is 24.3 Å². The number of carbonyl (C=O) groups is 1. The van der Waals surface area contributed by atoms with E-state index in [9.17, 15) is 9.59 Å². The van der Waals surface area contributed by atoms with Crippen LogP contribution in [0.25, 0.3) is 11.0 Å². The van der Waals surface area contributed by atoms with Crippen molar-refractivity contribution in [3.05, 3.63) is 80.1 Å². The number of aryl methyl sites for hydroxylation is 1. The van der Waals surface area contributed by atoms with Crippen LogP contribution in [0.5, 0.6) is 0 Å². The van der Waals surface area contributed by atoms with Crippen LogP contribution in [0.2, 0.25) is 0 Å². The predicted octanol–water partition coefficient (Wildman–Crippen LogP) is 4.36. The van der Waals surface area contributed by atoms with E-state index < -0.39 is 11.5 Å². The van der Waals surface area contributed by atoms with E-state index >= 15 is 0 Å². The van der Waals surface area contributed by atoms with Gasteiger partial charge in [0.1, 0.15) is 11.1 Å². The lowest BCUT2D eigenvalue weighted by Gasteiger charge is -2.26. The van der Waals surface area contributed by atoms with Crippen LogP contribution in [0.15, 0.2) is 62.2 Å². The molecule has 1 heterocycles. The Morgan fingerprint density at radius 3 is 2.88 bits per heavy atom. The minimum Gasteiger partial charge on any atom is -0.422 e. The summed E-state index contributed by atoms with van der Waals surface area (Å²) in [4.78, 5) is 24.9. The second kappa shape index (κ2) is 6.48. The molecule has 0 fully saturated rings. The minimum atomic E-state index is -0.614. The Balaban J connectivity index is 1.67. The molecule has 1 aliphatic rings. The summed E-state index contributed by atoms with van der Waals surface area (Å²) in [6, 6.07) is 15.0. The van der Waals surface area contributed by atoms with E-state index in [1.54, 1.807) is 18.2 Å². The molecule has 1 amide bonds. The zero-order chi connectivity index (χ0) is 17.4. The smallest absolute Gasteiger partial charge is 0.349 e. The zero-order valence-corrected chi connectivity index (χ0v) is 15.0. The van der Waals surface area contributed by atoms with Crippen LogP contribution in [0.4, 0.5) is 0 Å². The molecule has 1 unspecified atom stereocenters.